The molecule has 0 spiro atoms. The Balaban J connectivity index is 1.86. The van der Waals surface area contributed by atoms with Gasteiger partial charge < -0.3 is 15.5 Å². The van der Waals surface area contributed by atoms with E-state index in [1.54, 1.807) is 29.8 Å². The number of aryl methyl sites for hydroxylation is 1. The van der Waals surface area contributed by atoms with Gasteiger partial charge in [-0.2, -0.15) is 4.98 Å². The first-order chi connectivity index (χ1) is 12.4. The number of nitrogens with one attached hydrogen (secondary N) is 1. The Morgan fingerprint density at radius 1 is 1.23 bits per heavy atom. The van der Waals surface area contributed by atoms with Gasteiger partial charge in [0.25, 0.3) is 0 Å². The summed E-state index contributed by atoms with van der Waals surface area (Å²) >= 11 is 0. The monoisotopic (exact) mass is 353 g/mol. The quantitative estimate of drug-likeness (QED) is 0.754. The van der Waals surface area contributed by atoms with Crippen molar-refractivity contribution in [1.82, 2.24) is 14.8 Å². The minimum absolute atomic E-state index is 0.340. The zero-order chi connectivity index (χ0) is 18.4. The second-order valence-electron chi connectivity index (χ2n) is 6.09. The van der Waals surface area contributed by atoms with E-state index < -0.39 is 11.9 Å². The van der Waals surface area contributed by atoms with Crippen LogP contribution in [0.25, 0.3) is 11.4 Å². The van der Waals surface area contributed by atoms with Crippen LogP contribution in [0.3, 0.4) is 0 Å². The molecule has 3 N–H and O–H groups in total. The van der Waals surface area contributed by atoms with E-state index in [0.717, 1.165) is 0 Å². The number of primary amides is 1. The number of halogens is 1. The van der Waals surface area contributed by atoms with Crippen molar-refractivity contribution in [2.75, 3.05) is 5.32 Å². The van der Waals surface area contributed by atoms with E-state index in [2.05, 4.69) is 15.4 Å². The Kier molecular flexibility index (Phi) is 3.61. The zero-order valence-corrected chi connectivity index (χ0v) is 14.2. The van der Waals surface area contributed by atoms with E-state index in [4.69, 9.17) is 10.2 Å². The topological polar surface area (TPSA) is 99.0 Å². The number of amides is 1. The average molecular weight is 353 g/mol. The molecule has 0 saturated heterocycles. The lowest BCUT2D eigenvalue weighted by molar-refractivity contribution is -0.115. The highest BCUT2D eigenvalue weighted by Gasteiger charge is 2.35. The van der Waals surface area contributed by atoms with E-state index in [-0.39, 0.29) is 5.82 Å². The number of nitrogens with two attached hydrogens (primary N) is 1. The lowest BCUT2D eigenvalue weighted by Gasteiger charge is -2.25. The maximum atomic E-state index is 13.2. The van der Waals surface area contributed by atoms with Gasteiger partial charge in [-0.3, -0.25) is 4.79 Å². The van der Waals surface area contributed by atoms with Crippen molar-refractivity contribution >= 4 is 11.9 Å². The third-order valence-corrected chi connectivity index (χ3v) is 4.25. The van der Waals surface area contributed by atoms with E-state index >= 15 is 0 Å². The smallest absolute Gasteiger partial charge is 0.249 e. The minimum Gasteiger partial charge on any atom is -0.464 e. The molecule has 0 aliphatic carbocycles. The molecule has 26 heavy (non-hydrogen) atoms. The van der Waals surface area contributed by atoms with Gasteiger partial charge in [-0.15, -0.1) is 5.10 Å². The van der Waals surface area contributed by atoms with Gasteiger partial charge in [-0.05, 0) is 50.2 Å². The van der Waals surface area contributed by atoms with Crippen LogP contribution in [0.2, 0.25) is 0 Å². The summed E-state index contributed by atoms with van der Waals surface area (Å²) in [5.41, 5.74) is 7.19. The van der Waals surface area contributed by atoms with Gasteiger partial charge in [-0.25, -0.2) is 9.07 Å². The highest BCUT2D eigenvalue weighted by molar-refractivity contribution is 5.95. The van der Waals surface area contributed by atoms with E-state index in [9.17, 15) is 9.18 Å². The molecule has 7 nitrogen and oxygen atoms in total. The highest BCUT2D eigenvalue weighted by Crippen LogP contribution is 2.36. The molecule has 1 unspecified atom stereocenters. The summed E-state index contributed by atoms with van der Waals surface area (Å²) in [6, 6.07) is 8.84. The lowest BCUT2D eigenvalue weighted by atomic mass is 10.0. The molecule has 1 aliphatic heterocycles. The Morgan fingerprint density at radius 3 is 2.58 bits per heavy atom. The Labute approximate surface area is 148 Å². The molecule has 1 atom stereocenters. The summed E-state index contributed by atoms with van der Waals surface area (Å²) in [6.07, 6.45) is 0. The van der Waals surface area contributed by atoms with Crippen LogP contribution in [0, 0.1) is 12.7 Å². The number of carbonyl (C=O) groups is 1. The maximum Gasteiger partial charge on any atom is 0.249 e. The summed E-state index contributed by atoms with van der Waals surface area (Å²) in [6.45, 7) is 3.57. The van der Waals surface area contributed by atoms with E-state index in [1.807, 2.05) is 13.0 Å². The molecule has 0 saturated carbocycles. The molecule has 132 valence electrons. The number of carbonyl (C=O) groups excluding carboxylic acids is 1. The fourth-order valence-electron chi connectivity index (χ4n) is 3.05. The molecule has 1 amide bonds. The molecule has 8 heteroatoms. The molecule has 3 aromatic rings. The van der Waals surface area contributed by atoms with Crippen molar-refractivity contribution in [3.63, 3.8) is 0 Å². The molecule has 0 radical (unpaired) electrons. The predicted molar refractivity (Wildman–Crippen MR) is 92.5 cm³/mol. The van der Waals surface area contributed by atoms with Gasteiger partial charge in [0, 0.05) is 11.3 Å². The first-order valence-electron chi connectivity index (χ1n) is 8.00. The summed E-state index contributed by atoms with van der Waals surface area (Å²) in [4.78, 5) is 16.5. The summed E-state index contributed by atoms with van der Waals surface area (Å²) in [7, 11) is 0. The van der Waals surface area contributed by atoms with Crippen molar-refractivity contribution in [2.45, 2.75) is 19.9 Å². The van der Waals surface area contributed by atoms with Gasteiger partial charge in [0.2, 0.25) is 11.9 Å². The van der Waals surface area contributed by atoms with Crippen LogP contribution in [0.15, 0.2) is 52.1 Å². The predicted octanol–water partition coefficient (Wildman–Crippen LogP) is 2.76. The molecular formula is C18H16FN5O2. The first-order valence-corrected chi connectivity index (χ1v) is 8.00. The third-order valence-electron chi connectivity index (χ3n) is 4.25. The Hall–Kier alpha value is -3.42. The standard InChI is InChI=1S/C18H16FN5O2/c1-9-3-8-13(26-9)15-14(16(20)25)10(2)21-18-22-17(23-24(15)18)11-4-6-12(19)7-5-11/h3-8,15H,1-2H3,(H2,20,25)(H,21,22,23). The number of nitrogens with zero attached hydrogens (tertiary/aromatic N) is 3. The number of anilines is 1. The van der Waals surface area contributed by atoms with Crippen LogP contribution in [0.4, 0.5) is 10.3 Å². The van der Waals surface area contributed by atoms with Crippen LogP contribution in [-0.2, 0) is 4.79 Å². The van der Waals surface area contributed by atoms with Crippen molar-refractivity contribution in [3.8, 4) is 11.4 Å². The third kappa shape index (κ3) is 2.55. The highest BCUT2D eigenvalue weighted by atomic mass is 19.1. The molecule has 2 aromatic heterocycles. The van der Waals surface area contributed by atoms with Crippen LogP contribution in [0.5, 0.6) is 0 Å². The van der Waals surface area contributed by atoms with Gasteiger partial charge in [0.05, 0.1) is 5.57 Å². The summed E-state index contributed by atoms with van der Waals surface area (Å²) < 4.78 is 20.5. The second kappa shape index (κ2) is 5.83. The number of furan rings is 1. The second-order valence-corrected chi connectivity index (χ2v) is 6.09. The normalized spacial score (nSPS) is 16.3. The number of hydrogen-bond donors (Lipinski definition) is 2. The molecule has 4 rings (SSSR count). The number of hydrogen-bond acceptors (Lipinski definition) is 5. The van der Waals surface area contributed by atoms with Crippen LogP contribution in [-0.4, -0.2) is 20.7 Å². The van der Waals surface area contributed by atoms with E-state index in [1.165, 1.54) is 12.1 Å². The number of benzene rings is 1. The van der Waals surface area contributed by atoms with Gasteiger partial charge in [0.1, 0.15) is 23.4 Å². The summed E-state index contributed by atoms with van der Waals surface area (Å²) in [5, 5.41) is 7.56. The van der Waals surface area contributed by atoms with Crippen LogP contribution in [0.1, 0.15) is 24.5 Å². The Morgan fingerprint density at radius 2 is 1.96 bits per heavy atom. The first kappa shape index (κ1) is 16.1. The van der Waals surface area contributed by atoms with Gasteiger partial charge in [0.15, 0.2) is 5.82 Å². The largest absolute Gasteiger partial charge is 0.464 e. The van der Waals surface area contributed by atoms with Crippen molar-refractivity contribution < 1.29 is 13.6 Å². The Bertz CT molecular complexity index is 1030. The minimum atomic E-state index is -0.626. The van der Waals surface area contributed by atoms with Gasteiger partial charge >= 0.3 is 0 Å². The molecular weight excluding hydrogens is 337 g/mol. The fourth-order valence-corrected chi connectivity index (χ4v) is 3.05. The fraction of sp³-hybridized carbons (Fsp3) is 0.167. The molecule has 1 aromatic carbocycles. The maximum absolute atomic E-state index is 13.2. The number of fused-ring (bicyclic) bond motifs is 1. The molecule has 3 heterocycles. The molecule has 0 fully saturated rings. The van der Waals surface area contributed by atoms with E-state index in [0.29, 0.717) is 40.1 Å². The number of rotatable bonds is 3. The van der Waals surface area contributed by atoms with Crippen molar-refractivity contribution in [2.24, 2.45) is 5.73 Å². The average Bonchev–Trinajstić information content (AvgIpc) is 3.20. The summed E-state index contributed by atoms with van der Waals surface area (Å²) in [5.74, 6) is 1.19. The SMILES string of the molecule is CC1=C(C(N)=O)C(c2ccc(C)o2)n2nc(-c3ccc(F)cc3)nc2N1. The van der Waals surface area contributed by atoms with Crippen molar-refractivity contribution in [1.29, 1.82) is 0 Å². The number of allylic oxidation sites excluding steroid dienone is 1. The van der Waals surface area contributed by atoms with Crippen LogP contribution < -0.4 is 11.1 Å². The zero-order valence-electron chi connectivity index (χ0n) is 14.2. The van der Waals surface area contributed by atoms with Gasteiger partial charge in [-0.1, -0.05) is 0 Å². The van der Waals surface area contributed by atoms with Crippen LogP contribution >= 0.6 is 0 Å². The molecule has 1 aliphatic rings. The number of aromatic nitrogens is 3. The molecule has 0 bridgehead atoms. The lowest BCUT2D eigenvalue weighted by Crippen LogP contribution is -2.31. The van der Waals surface area contributed by atoms with Crippen molar-refractivity contribution in [3.05, 3.63) is 65.0 Å².